The maximum Gasteiger partial charge on any atom is 0.631 e. The molecule has 0 saturated carbocycles. The average Bonchev–Trinajstić information content (AvgIpc) is 0.811. The van der Waals surface area contributed by atoms with Crippen molar-refractivity contribution in [3.8, 4) is 0 Å². The van der Waals surface area contributed by atoms with Crippen LogP contribution in [0.5, 0.6) is 0 Å². The van der Waals surface area contributed by atoms with Crippen molar-refractivity contribution in [3.63, 3.8) is 0 Å². The number of hydrogen-bond acceptors (Lipinski definition) is 3. The Labute approximate surface area is 28.4 Å². The summed E-state index contributed by atoms with van der Waals surface area (Å²) in [7, 11) is -2.17. The molecule has 3 N–H and O–H groups in total. The van der Waals surface area contributed by atoms with Gasteiger partial charge in [-0.25, -0.2) is 0 Å². The molecule has 32 valence electrons. The second kappa shape index (κ2) is 3.87. The first-order chi connectivity index (χ1) is 1.73. The van der Waals surface area contributed by atoms with Gasteiger partial charge in [0.25, 0.3) is 0 Å². The summed E-state index contributed by atoms with van der Waals surface area (Å²) in [6, 6.07) is 0. The second-order valence-corrected chi connectivity index (χ2v) is 0.346. The Morgan fingerprint density at radius 1 is 1.00 bits per heavy atom. The van der Waals surface area contributed by atoms with Crippen molar-refractivity contribution in [1.82, 2.24) is 0 Å². The molecule has 0 unspecified atom stereocenters. The van der Waals surface area contributed by atoms with Crippen molar-refractivity contribution < 1.29 is 19.8 Å². The zero-order valence-electron chi connectivity index (χ0n) is 2.33. The van der Waals surface area contributed by atoms with E-state index < -0.39 is 7.32 Å². The molecule has 0 atom stereocenters. The van der Waals surface area contributed by atoms with Crippen LogP contribution in [-0.4, -0.2) is 22.4 Å². The molecule has 0 aliphatic carbocycles. The van der Waals surface area contributed by atoms with Crippen molar-refractivity contribution in [3.05, 3.63) is 0 Å². The van der Waals surface area contributed by atoms with E-state index in [1.807, 2.05) is 0 Å². The van der Waals surface area contributed by atoms with Gasteiger partial charge < -0.3 is 15.1 Å². The Morgan fingerprint density at radius 2 is 1.00 bits per heavy atom. The molecular formula is H4BFO3. The lowest BCUT2D eigenvalue weighted by Crippen LogP contribution is -2.07. The lowest BCUT2D eigenvalue weighted by atomic mass is 10.3. The molecule has 0 aliphatic heterocycles. The highest BCUT2D eigenvalue weighted by Gasteiger charge is 1.92. The second-order valence-electron chi connectivity index (χ2n) is 0.346. The summed E-state index contributed by atoms with van der Waals surface area (Å²) in [5.41, 5.74) is 0. The third-order valence-electron chi connectivity index (χ3n) is 0. The smallest absolute Gasteiger partial charge is 0.402 e. The number of hydrogen-bond donors (Lipinski definition) is 3. The number of halogens is 1. The van der Waals surface area contributed by atoms with Gasteiger partial charge in [0.15, 0.2) is 0 Å². The predicted octanol–water partition coefficient (Wildman–Crippen LogP) is -1.90. The van der Waals surface area contributed by atoms with E-state index in [2.05, 4.69) is 0 Å². The standard InChI is InChI=1S/BH3O3.FH/c2-1(3)4;/h2-4H;1H. The van der Waals surface area contributed by atoms with Gasteiger partial charge in [-0.1, -0.05) is 0 Å². The van der Waals surface area contributed by atoms with Crippen LogP contribution in [0.15, 0.2) is 0 Å². The van der Waals surface area contributed by atoms with Gasteiger partial charge in [-0.15, -0.1) is 0 Å². The highest BCUT2D eigenvalue weighted by atomic mass is 19.0. The maximum absolute atomic E-state index is 7.17. The Morgan fingerprint density at radius 3 is 1.00 bits per heavy atom. The summed E-state index contributed by atoms with van der Waals surface area (Å²) in [6.45, 7) is 0. The van der Waals surface area contributed by atoms with E-state index in [1.165, 1.54) is 0 Å². The molecule has 0 heterocycles. The first-order valence-electron chi connectivity index (χ1n) is 0.775. The Bertz CT molecular complexity index is 11.6. The third-order valence-corrected chi connectivity index (χ3v) is 0. The van der Waals surface area contributed by atoms with Gasteiger partial charge in [0.1, 0.15) is 0 Å². The van der Waals surface area contributed by atoms with Gasteiger partial charge in [0.2, 0.25) is 0 Å². The topological polar surface area (TPSA) is 60.7 Å². The van der Waals surface area contributed by atoms with Gasteiger partial charge in [0.05, 0.1) is 0 Å². The summed E-state index contributed by atoms with van der Waals surface area (Å²) in [5, 5.41) is 21.5. The molecule has 0 fully saturated rings. The quantitative estimate of drug-likeness (QED) is 0.299. The molecule has 5 heteroatoms. The Hall–Kier alpha value is -0.125. The first kappa shape index (κ1) is 8.86. The van der Waals surface area contributed by atoms with Crippen LogP contribution in [0.3, 0.4) is 0 Å². The predicted molar refractivity (Wildman–Crippen MR) is 14.9 cm³/mol. The summed E-state index contributed by atoms with van der Waals surface area (Å²) < 4.78 is 0. The third kappa shape index (κ3) is 871. The molecule has 0 aromatic heterocycles. The van der Waals surface area contributed by atoms with E-state index in [4.69, 9.17) is 15.1 Å². The summed E-state index contributed by atoms with van der Waals surface area (Å²) in [5.74, 6) is 0. The highest BCUT2D eigenvalue weighted by Crippen LogP contribution is 1.40. The fraction of sp³-hybridized carbons (Fsp3) is 0. The lowest BCUT2D eigenvalue weighted by Gasteiger charge is -1.69. The molecule has 0 bridgehead atoms. The van der Waals surface area contributed by atoms with Gasteiger partial charge in [0, 0.05) is 0 Å². The first-order valence-corrected chi connectivity index (χ1v) is 0.775. The molecule has 0 spiro atoms. The van der Waals surface area contributed by atoms with Gasteiger partial charge in [-0.3, -0.25) is 4.70 Å². The van der Waals surface area contributed by atoms with Crippen LogP contribution >= 0.6 is 0 Å². The molecule has 0 aliphatic rings. The Kier molecular flexibility index (Phi) is 6.86. The monoisotopic (exact) mass is 82.0 g/mol. The van der Waals surface area contributed by atoms with Crippen molar-refractivity contribution >= 4 is 7.32 Å². The molecule has 0 aromatic rings. The van der Waals surface area contributed by atoms with Crippen LogP contribution in [0.1, 0.15) is 0 Å². The van der Waals surface area contributed by atoms with E-state index in [-0.39, 0.29) is 4.70 Å². The zero-order valence-corrected chi connectivity index (χ0v) is 2.33. The molecule has 5 heavy (non-hydrogen) atoms. The van der Waals surface area contributed by atoms with E-state index in [9.17, 15) is 0 Å². The summed E-state index contributed by atoms with van der Waals surface area (Å²) >= 11 is 0. The normalized spacial score (nSPS) is 5.40. The van der Waals surface area contributed by atoms with E-state index >= 15 is 0 Å². The number of rotatable bonds is 0. The van der Waals surface area contributed by atoms with Gasteiger partial charge in [-0.05, 0) is 0 Å². The van der Waals surface area contributed by atoms with Crippen LogP contribution in [0.25, 0.3) is 0 Å². The average molecular weight is 81.8 g/mol. The van der Waals surface area contributed by atoms with Crippen molar-refractivity contribution in [2.45, 2.75) is 0 Å². The molecular weight excluding hydrogens is 77.8 g/mol. The summed E-state index contributed by atoms with van der Waals surface area (Å²) in [6.07, 6.45) is 0. The minimum absolute atomic E-state index is 0. The van der Waals surface area contributed by atoms with Crippen molar-refractivity contribution in [1.29, 1.82) is 0 Å². The largest absolute Gasteiger partial charge is 0.631 e. The van der Waals surface area contributed by atoms with Crippen LogP contribution in [-0.2, 0) is 0 Å². The fourth-order valence-corrected chi connectivity index (χ4v) is 0. The fourth-order valence-electron chi connectivity index (χ4n) is 0. The molecule has 0 aromatic carbocycles. The van der Waals surface area contributed by atoms with Crippen LogP contribution in [0, 0.1) is 0 Å². The van der Waals surface area contributed by atoms with Gasteiger partial charge >= 0.3 is 7.32 Å². The molecule has 0 rings (SSSR count). The SMILES string of the molecule is F.OB(O)O. The molecule has 0 radical (unpaired) electrons. The minimum Gasteiger partial charge on any atom is -0.402 e. The van der Waals surface area contributed by atoms with Crippen molar-refractivity contribution in [2.24, 2.45) is 0 Å². The molecule has 3 nitrogen and oxygen atoms in total. The minimum atomic E-state index is -2.17. The van der Waals surface area contributed by atoms with Crippen LogP contribution in [0.2, 0.25) is 0 Å². The van der Waals surface area contributed by atoms with Crippen LogP contribution < -0.4 is 0 Å². The highest BCUT2D eigenvalue weighted by molar-refractivity contribution is 6.30. The lowest BCUT2D eigenvalue weighted by molar-refractivity contribution is 0.278. The van der Waals surface area contributed by atoms with E-state index in [1.54, 1.807) is 0 Å². The van der Waals surface area contributed by atoms with E-state index in [0.29, 0.717) is 0 Å². The van der Waals surface area contributed by atoms with E-state index in [0.717, 1.165) is 0 Å². The summed E-state index contributed by atoms with van der Waals surface area (Å²) in [4.78, 5) is 0. The Balaban J connectivity index is 0. The molecule has 0 amide bonds. The van der Waals surface area contributed by atoms with Gasteiger partial charge in [-0.2, -0.15) is 0 Å². The maximum atomic E-state index is 7.17. The van der Waals surface area contributed by atoms with Crippen molar-refractivity contribution in [2.75, 3.05) is 0 Å². The van der Waals surface area contributed by atoms with Crippen LogP contribution in [0.4, 0.5) is 4.70 Å². The molecule has 0 saturated heterocycles. The zero-order chi connectivity index (χ0) is 3.58.